The summed E-state index contributed by atoms with van der Waals surface area (Å²) < 4.78 is 0. The number of likely N-dealkylation sites (tertiary alicyclic amines) is 1. The van der Waals surface area contributed by atoms with E-state index < -0.39 is 44.8 Å². The number of Topliss-reactive ketones (excluding diaryl/α,β-unsaturated/α-hetero) is 2. The van der Waals surface area contributed by atoms with Gasteiger partial charge in [-0.2, -0.15) is 0 Å². The Hall–Kier alpha value is -2.20. The van der Waals surface area contributed by atoms with Gasteiger partial charge in [0.05, 0.1) is 13.1 Å². The Bertz CT molecular complexity index is 846. The smallest absolute Gasteiger partial charge is 0.300 e. The van der Waals surface area contributed by atoms with Gasteiger partial charge in [-0.15, -0.1) is 0 Å². The Morgan fingerprint density at radius 3 is 2.37 bits per heavy atom. The zero-order valence-electron chi connectivity index (χ0n) is 14.6. The van der Waals surface area contributed by atoms with Crippen LogP contribution in [0.4, 0.5) is 0 Å². The van der Waals surface area contributed by atoms with Crippen molar-refractivity contribution in [1.29, 1.82) is 0 Å². The van der Waals surface area contributed by atoms with E-state index in [4.69, 9.17) is 0 Å². The number of benzene rings is 1. The van der Waals surface area contributed by atoms with Gasteiger partial charge in [-0.3, -0.25) is 29.9 Å². The number of halogens is 1. The van der Waals surface area contributed by atoms with Crippen molar-refractivity contribution >= 4 is 27.5 Å². The Kier molecular flexibility index (Phi) is 4.89. The molecular weight excluding hydrogens is 422 g/mol. The van der Waals surface area contributed by atoms with E-state index in [2.05, 4.69) is 15.9 Å². The number of fused-ring (bicyclic) bond motifs is 4. The molecule has 27 heavy (non-hydrogen) atoms. The first-order chi connectivity index (χ1) is 12.7. The molecule has 0 radical (unpaired) electrons. The monoisotopic (exact) mass is 439 g/mol. The summed E-state index contributed by atoms with van der Waals surface area (Å²) in [5, 5.41) is 25.1. The van der Waals surface area contributed by atoms with Gasteiger partial charge in [0.2, 0.25) is 5.78 Å². The molecule has 0 aromatic heterocycles. The lowest BCUT2D eigenvalue weighted by Gasteiger charge is -2.50. The molecule has 10 heteroatoms. The molecule has 2 aliphatic rings. The third kappa shape index (κ3) is 2.61. The van der Waals surface area contributed by atoms with E-state index in [0.717, 1.165) is 0 Å². The second kappa shape index (κ2) is 6.75. The number of hydrogen-bond donors (Lipinski definition) is 0. The van der Waals surface area contributed by atoms with Crippen molar-refractivity contribution in [1.82, 2.24) is 4.90 Å². The van der Waals surface area contributed by atoms with Crippen LogP contribution in [0.25, 0.3) is 0 Å². The molecule has 9 nitrogen and oxygen atoms in total. The van der Waals surface area contributed by atoms with Crippen LogP contribution in [0.5, 0.6) is 0 Å². The lowest BCUT2D eigenvalue weighted by atomic mass is 9.56. The summed E-state index contributed by atoms with van der Waals surface area (Å²) in [5.41, 5.74) is -3.97. The van der Waals surface area contributed by atoms with Crippen LogP contribution in [-0.2, 0) is 10.3 Å². The Morgan fingerprint density at radius 1 is 1.22 bits per heavy atom. The molecule has 1 aliphatic heterocycles. The molecule has 1 heterocycles. The number of piperidine rings is 1. The van der Waals surface area contributed by atoms with Crippen molar-refractivity contribution in [3.63, 3.8) is 0 Å². The highest BCUT2D eigenvalue weighted by Gasteiger charge is 2.77. The first-order valence-corrected chi connectivity index (χ1v) is 9.55. The maximum atomic E-state index is 13.3. The van der Waals surface area contributed by atoms with Crippen molar-refractivity contribution in [2.45, 2.75) is 24.4 Å². The van der Waals surface area contributed by atoms with Crippen molar-refractivity contribution < 1.29 is 19.4 Å². The van der Waals surface area contributed by atoms with Crippen LogP contribution in [0.15, 0.2) is 24.3 Å². The van der Waals surface area contributed by atoms with E-state index in [0.29, 0.717) is 11.9 Å². The van der Waals surface area contributed by atoms with E-state index in [9.17, 15) is 29.8 Å². The minimum Gasteiger partial charge on any atom is -0.300 e. The Labute approximate surface area is 163 Å². The quantitative estimate of drug-likeness (QED) is 0.375. The average molecular weight is 440 g/mol. The van der Waals surface area contributed by atoms with Gasteiger partial charge in [-0.05, 0) is 6.92 Å². The molecule has 0 spiro atoms. The molecular formula is C17H18BrN3O6. The number of carbonyl (C=O) groups is 2. The summed E-state index contributed by atoms with van der Waals surface area (Å²) in [7, 11) is 0. The number of nitrogens with zero attached hydrogens (tertiary/aromatic N) is 3. The minimum atomic E-state index is -2.23. The lowest BCUT2D eigenvalue weighted by Crippen LogP contribution is -2.75. The molecule has 1 aromatic carbocycles. The van der Waals surface area contributed by atoms with Crippen molar-refractivity contribution in [3.8, 4) is 0 Å². The maximum absolute atomic E-state index is 13.3. The number of hydrogen-bond acceptors (Lipinski definition) is 7. The zero-order valence-corrected chi connectivity index (χ0v) is 16.2. The first kappa shape index (κ1) is 19.6. The normalized spacial score (nSPS) is 29.9. The van der Waals surface area contributed by atoms with E-state index in [-0.39, 0.29) is 24.2 Å². The number of alkyl halides is 1. The van der Waals surface area contributed by atoms with Crippen LogP contribution < -0.4 is 0 Å². The van der Waals surface area contributed by atoms with E-state index in [1.54, 1.807) is 11.0 Å². The lowest BCUT2D eigenvalue weighted by molar-refractivity contribution is -0.640. The predicted molar refractivity (Wildman–Crippen MR) is 98.2 cm³/mol. The highest BCUT2D eigenvalue weighted by Crippen LogP contribution is 2.53. The number of ketones is 2. The fraction of sp³-hybridized carbons (Fsp3) is 0.529. The average Bonchev–Trinajstić information content (AvgIpc) is 2.60. The van der Waals surface area contributed by atoms with Crippen LogP contribution in [-0.4, -0.2) is 56.8 Å². The summed E-state index contributed by atoms with van der Waals surface area (Å²) in [4.78, 5) is 50.1. The van der Waals surface area contributed by atoms with Gasteiger partial charge in [0.25, 0.3) is 5.54 Å². The van der Waals surface area contributed by atoms with Gasteiger partial charge < -0.3 is 4.79 Å². The van der Waals surface area contributed by atoms with Crippen LogP contribution in [0.3, 0.4) is 0 Å². The minimum absolute atomic E-state index is 0.00388. The fourth-order valence-corrected chi connectivity index (χ4v) is 5.10. The zero-order chi connectivity index (χ0) is 20.0. The molecule has 3 atom stereocenters. The topological polar surface area (TPSA) is 124 Å². The van der Waals surface area contributed by atoms with E-state index in [1.807, 2.05) is 0 Å². The molecule has 1 unspecified atom stereocenters. The molecule has 0 N–H and O–H groups in total. The van der Waals surface area contributed by atoms with Crippen LogP contribution in [0, 0.1) is 26.1 Å². The molecule has 2 bridgehead atoms. The summed E-state index contributed by atoms with van der Waals surface area (Å²) in [6.45, 7) is 1.20. The van der Waals surface area contributed by atoms with Crippen LogP contribution in [0.2, 0.25) is 0 Å². The summed E-state index contributed by atoms with van der Waals surface area (Å²) in [6.07, 6.45) is -0.399. The molecule has 0 amide bonds. The first-order valence-electron chi connectivity index (χ1n) is 8.43. The molecule has 1 saturated heterocycles. The predicted octanol–water partition coefficient (Wildman–Crippen LogP) is 1.68. The highest BCUT2D eigenvalue weighted by atomic mass is 79.9. The molecule has 3 rings (SSSR count). The molecule has 1 fully saturated rings. The number of nitro groups is 2. The highest BCUT2D eigenvalue weighted by molar-refractivity contribution is 9.09. The summed E-state index contributed by atoms with van der Waals surface area (Å²) >= 11 is 3.26. The third-order valence-electron chi connectivity index (χ3n) is 5.66. The van der Waals surface area contributed by atoms with Gasteiger partial charge in [-0.25, -0.2) is 0 Å². The van der Waals surface area contributed by atoms with Gasteiger partial charge in [0, 0.05) is 39.3 Å². The van der Waals surface area contributed by atoms with E-state index >= 15 is 0 Å². The SMILES string of the molecule is CC(=O)CC1[C@]2([N+](=O)[O-])CN(CCBr)C[C@@]1([N+](=O)[O-])C(=O)c1ccccc12. The Morgan fingerprint density at radius 2 is 1.81 bits per heavy atom. The van der Waals surface area contributed by atoms with Crippen molar-refractivity contribution in [2.75, 3.05) is 25.0 Å². The van der Waals surface area contributed by atoms with Gasteiger partial charge in [0.15, 0.2) is 0 Å². The maximum Gasteiger partial charge on any atom is 0.306 e. The second-order valence-electron chi connectivity index (χ2n) is 7.10. The van der Waals surface area contributed by atoms with E-state index in [1.165, 1.54) is 25.1 Å². The van der Waals surface area contributed by atoms with Gasteiger partial charge >= 0.3 is 5.54 Å². The van der Waals surface area contributed by atoms with Crippen LogP contribution >= 0.6 is 15.9 Å². The summed E-state index contributed by atoms with van der Waals surface area (Å²) in [6, 6.07) is 5.99. The second-order valence-corrected chi connectivity index (χ2v) is 7.89. The fourth-order valence-electron chi connectivity index (χ4n) is 4.60. The molecule has 1 aliphatic carbocycles. The molecule has 0 saturated carbocycles. The van der Waals surface area contributed by atoms with Crippen molar-refractivity contribution in [3.05, 3.63) is 55.6 Å². The molecule has 1 aromatic rings. The van der Waals surface area contributed by atoms with Gasteiger partial charge in [0.1, 0.15) is 11.7 Å². The largest absolute Gasteiger partial charge is 0.306 e. The number of rotatable bonds is 6. The van der Waals surface area contributed by atoms with Crippen LogP contribution in [0.1, 0.15) is 29.3 Å². The third-order valence-corrected chi connectivity index (χ3v) is 6.01. The van der Waals surface area contributed by atoms with Crippen molar-refractivity contribution in [2.24, 2.45) is 5.92 Å². The summed E-state index contributed by atoms with van der Waals surface area (Å²) in [5.74, 6) is -2.52. The molecule has 144 valence electrons. The number of carbonyl (C=O) groups excluding carboxylic acids is 2. The van der Waals surface area contributed by atoms with Gasteiger partial charge in [-0.1, -0.05) is 40.2 Å². The Balaban J connectivity index is 2.39. The standard InChI is InChI=1S/C17H18BrN3O6/c1-11(22)8-14-16(20(24)25)9-19(7-6-18)10-17(14,21(26)27)15(23)12-4-2-3-5-13(12)16/h2-5,14H,6-10H2,1H3/t14?,16-,17-/m0/s1.